The van der Waals surface area contributed by atoms with E-state index in [-0.39, 0.29) is 5.75 Å². The lowest BCUT2D eigenvalue weighted by atomic mass is 9.94. The molecule has 3 heterocycles. The first-order chi connectivity index (χ1) is 15.1. The summed E-state index contributed by atoms with van der Waals surface area (Å²) in [6, 6.07) is 8.34. The number of benzene rings is 1. The molecular formula is C24H30N6O. The van der Waals surface area contributed by atoms with Gasteiger partial charge in [-0.1, -0.05) is 25.3 Å². The lowest BCUT2D eigenvalue weighted by molar-refractivity contribution is 0.412. The van der Waals surface area contributed by atoms with Crippen LogP contribution in [0.15, 0.2) is 36.7 Å². The molecule has 1 saturated carbocycles. The fourth-order valence-electron chi connectivity index (χ4n) is 4.94. The second-order valence-corrected chi connectivity index (χ2v) is 8.83. The fraction of sp³-hybridized carbons (Fsp3) is 0.458. The largest absolute Gasteiger partial charge is 0.507 e. The van der Waals surface area contributed by atoms with Crippen LogP contribution in [-0.4, -0.2) is 51.3 Å². The Balaban J connectivity index is 1.50. The predicted molar refractivity (Wildman–Crippen MR) is 123 cm³/mol. The van der Waals surface area contributed by atoms with Gasteiger partial charge in [0.25, 0.3) is 0 Å². The average Bonchev–Trinajstić information content (AvgIpc) is 3.16. The molecule has 0 radical (unpaired) electrons. The minimum absolute atomic E-state index is 0.205. The summed E-state index contributed by atoms with van der Waals surface area (Å²) in [5.74, 6) is 1.19. The number of hydrogen-bond donors (Lipinski definition) is 1. The van der Waals surface area contributed by atoms with E-state index in [1.165, 1.54) is 32.1 Å². The number of rotatable bonds is 3. The van der Waals surface area contributed by atoms with E-state index in [4.69, 9.17) is 5.10 Å². The number of phenolic OH excluding ortho intramolecular Hbond substituents is 1. The standard InChI is InChI=1S/C24H30N6O/c1-28-11-6-12-30(19-7-4-3-5-8-19)24-22(28)14-21(26-27-24)20-10-9-17(13-23(20)31)18-15-25-29(2)16-18/h9-10,13-16,19,31H,3-8,11-12H2,1-2H3. The molecule has 31 heavy (non-hydrogen) atoms. The van der Waals surface area contributed by atoms with Crippen molar-refractivity contribution in [1.29, 1.82) is 0 Å². The molecule has 2 aromatic heterocycles. The van der Waals surface area contributed by atoms with Gasteiger partial charge in [0.15, 0.2) is 5.82 Å². The highest BCUT2D eigenvalue weighted by molar-refractivity contribution is 5.78. The molecule has 0 unspecified atom stereocenters. The second kappa shape index (κ2) is 8.21. The summed E-state index contributed by atoms with van der Waals surface area (Å²) in [4.78, 5) is 4.76. The number of aromatic nitrogens is 4. The Labute approximate surface area is 183 Å². The molecule has 1 aliphatic carbocycles. The van der Waals surface area contributed by atoms with Crippen molar-refractivity contribution in [2.24, 2.45) is 7.05 Å². The second-order valence-electron chi connectivity index (χ2n) is 8.83. The maximum absolute atomic E-state index is 10.8. The highest BCUT2D eigenvalue weighted by Gasteiger charge is 2.28. The summed E-state index contributed by atoms with van der Waals surface area (Å²) < 4.78 is 1.76. The molecule has 162 valence electrons. The Morgan fingerprint density at radius 2 is 1.77 bits per heavy atom. The molecule has 1 fully saturated rings. The minimum atomic E-state index is 0.205. The quantitative estimate of drug-likeness (QED) is 0.686. The van der Waals surface area contributed by atoms with Gasteiger partial charge in [-0.3, -0.25) is 4.68 Å². The van der Waals surface area contributed by atoms with Gasteiger partial charge in [-0.2, -0.15) is 5.10 Å². The molecule has 0 amide bonds. The summed E-state index contributed by atoms with van der Waals surface area (Å²) in [6.07, 6.45) is 11.3. The minimum Gasteiger partial charge on any atom is -0.507 e. The van der Waals surface area contributed by atoms with E-state index in [9.17, 15) is 5.11 Å². The van der Waals surface area contributed by atoms with Crippen molar-refractivity contribution in [1.82, 2.24) is 20.0 Å². The van der Waals surface area contributed by atoms with Crippen LogP contribution in [0.2, 0.25) is 0 Å². The van der Waals surface area contributed by atoms with Gasteiger partial charge in [0.2, 0.25) is 0 Å². The predicted octanol–water partition coefficient (Wildman–Crippen LogP) is 4.23. The van der Waals surface area contributed by atoms with Crippen LogP contribution in [0.3, 0.4) is 0 Å². The highest BCUT2D eigenvalue weighted by Crippen LogP contribution is 2.38. The maximum atomic E-state index is 10.8. The van der Waals surface area contributed by atoms with E-state index < -0.39 is 0 Å². The van der Waals surface area contributed by atoms with E-state index in [0.717, 1.165) is 42.1 Å². The number of aryl methyl sites for hydroxylation is 1. The topological polar surface area (TPSA) is 70.3 Å². The third-order valence-corrected chi connectivity index (χ3v) is 6.66. The van der Waals surface area contributed by atoms with Crippen LogP contribution < -0.4 is 9.80 Å². The van der Waals surface area contributed by atoms with Gasteiger partial charge >= 0.3 is 0 Å². The smallest absolute Gasteiger partial charge is 0.175 e. The van der Waals surface area contributed by atoms with Crippen LogP contribution >= 0.6 is 0 Å². The van der Waals surface area contributed by atoms with Crippen molar-refractivity contribution < 1.29 is 5.11 Å². The summed E-state index contributed by atoms with van der Waals surface area (Å²) in [5.41, 5.74) is 4.40. The first-order valence-electron chi connectivity index (χ1n) is 11.3. The van der Waals surface area contributed by atoms with Gasteiger partial charge in [-0.25, -0.2) is 0 Å². The molecule has 7 heteroatoms. The van der Waals surface area contributed by atoms with Gasteiger partial charge in [0.1, 0.15) is 5.75 Å². The van der Waals surface area contributed by atoms with Gasteiger partial charge in [0.05, 0.1) is 17.6 Å². The fourth-order valence-corrected chi connectivity index (χ4v) is 4.94. The van der Waals surface area contributed by atoms with Crippen molar-refractivity contribution in [2.75, 3.05) is 29.9 Å². The van der Waals surface area contributed by atoms with E-state index in [1.54, 1.807) is 16.9 Å². The average molecular weight is 419 g/mol. The zero-order chi connectivity index (χ0) is 21.4. The molecular weight excluding hydrogens is 388 g/mol. The van der Waals surface area contributed by atoms with Gasteiger partial charge < -0.3 is 14.9 Å². The Hall–Kier alpha value is -3.09. The number of hydrogen-bond acceptors (Lipinski definition) is 6. The van der Waals surface area contributed by atoms with Crippen LogP contribution in [0.1, 0.15) is 38.5 Å². The molecule has 0 bridgehead atoms. The lowest BCUT2D eigenvalue weighted by Crippen LogP contribution is -2.38. The molecule has 0 saturated heterocycles. The lowest BCUT2D eigenvalue weighted by Gasteiger charge is -2.35. The molecule has 7 nitrogen and oxygen atoms in total. The van der Waals surface area contributed by atoms with E-state index in [0.29, 0.717) is 17.3 Å². The number of phenols is 1. The normalized spacial score (nSPS) is 17.5. The Kier molecular flexibility index (Phi) is 5.26. The third kappa shape index (κ3) is 3.84. The monoisotopic (exact) mass is 418 g/mol. The van der Waals surface area contributed by atoms with Crippen molar-refractivity contribution in [3.8, 4) is 28.1 Å². The van der Waals surface area contributed by atoms with Crippen molar-refractivity contribution in [2.45, 2.75) is 44.6 Å². The molecule has 1 aromatic carbocycles. The summed E-state index contributed by atoms with van der Waals surface area (Å²) in [6.45, 7) is 2.02. The Bertz CT molecular complexity index is 1070. The Morgan fingerprint density at radius 3 is 2.52 bits per heavy atom. The number of fused-ring (bicyclic) bond motifs is 1. The van der Waals surface area contributed by atoms with Crippen LogP contribution in [0, 0.1) is 0 Å². The van der Waals surface area contributed by atoms with Crippen LogP contribution in [0.4, 0.5) is 11.5 Å². The molecule has 2 aliphatic rings. The molecule has 1 N–H and O–H groups in total. The van der Waals surface area contributed by atoms with Gasteiger partial charge in [-0.05, 0) is 43.0 Å². The highest BCUT2D eigenvalue weighted by atomic mass is 16.3. The maximum Gasteiger partial charge on any atom is 0.175 e. The molecule has 0 spiro atoms. The number of aromatic hydroxyl groups is 1. The first kappa shape index (κ1) is 19.8. The van der Waals surface area contributed by atoms with E-state index in [1.807, 2.05) is 25.4 Å². The third-order valence-electron chi connectivity index (χ3n) is 6.66. The Morgan fingerprint density at radius 1 is 0.935 bits per heavy atom. The number of nitrogens with zero attached hydrogens (tertiary/aromatic N) is 6. The van der Waals surface area contributed by atoms with Crippen molar-refractivity contribution in [3.63, 3.8) is 0 Å². The van der Waals surface area contributed by atoms with Gasteiger partial charge in [0, 0.05) is 50.6 Å². The van der Waals surface area contributed by atoms with Crippen LogP contribution in [0.5, 0.6) is 5.75 Å². The van der Waals surface area contributed by atoms with E-state index >= 15 is 0 Å². The zero-order valence-corrected chi connectivity index (χ0v) is 18.3. The molecule has 3 aromatic rings. The van der Waals surface area contributed by atoms with Crippen molar-refractivity contribution in [3.05, 3.63) is 36.7 Å². The van der Waals surface area contributed by atoms with E-state index in [2.05, 4.69) is 33.1 Å². The van der Waals surface area contributed by atoms with Crippen LogP contribution in [0.25, 0.3) is 22.4 Å². The zero-order valence-electron chi connectivity index (χ0n) is 18.3. The molecule has 1 aliphatic heterocycles. The summed E-state index contributed by atoms with van der Waals surface area (Å²) in [7, 11) is 4.01. The van der Waals surface area contributed by atoms with Crippen molar-refractivity contribution >= 4 is 11.5 Å². The van der Waals surface area contributed by atoms with Gasteiger partial charge in [-0.15, -0.1) is 10.2 Å². The number of anilines is 2. The summed E-state index contributed by atoms with van der Waals surface area (Å²) in [5, 5.41) is 24.2. The first-order valence-corrected chi connectivity index (χ1v) is 11.3. The summed E-state index contributed by atoms with van der Waals surface area (Å²) >= 11 is 0. The molecule has 0 atom stereocenters. The SMILES string of the molecule is CN1CCCN(C2CCCCC2)c2nnc(-c3ccc(-c4cnn(C)c4)cc3O)cc21. The van der Waals surface area contributed by atoms with Crippen LogP contribution in [-0.2, 0) is 7.05 Å². The molecule has 5 rings (SSSR count).